The van der Waals surface area contributed by atoms with Gasteiger partial charge in [0.25, 0.3) is 0 Å². The van der Waals surface area contributed by atoms with Crippen LogP contribution in [0.15, 0.2) is 30.3 Å². The lowest BCUT2D eigenvalue weighted by Crippen LogP contribution is -2.60. The minimum Gasteiger partial charge on any atom is -0.480 e. The van der Waals surface area contributed by atoms with E-state index in [9.17, 15) is 43.5 Å². The molecular weight excluding hydrogens is 861 g/mol. The number of imide groups is 1. The molecule has 2 fully saturated rings. The highest BCUT2D eigenvalue weighted by Crippen LogP contribution is 2.30. The Morgan fingerprint density at radius 2 is 1.52 bits per heavy atom. The van der Waals surface area contributed by atoms with Crippen molar-refractivity contribution in [3.05, 3.63) is 35.9 Å². The second-order valence-corrected chi connectivity index (χ2v) is 19.4. The van der Waals surface area contributed by atoms with E-state index >= 15 is 0 Å². The van der Waals surface area contributed by atoms with Gasteiger partial charge in [-0.2, -0.15) is 0 Å². The van der Waals surface area contributed by atoms with Gasteiger partial charge in [-0.15, -0.1) is 0 Å². The van der Waals surface area contributed by atoms with Crippen molar-refractivity contribution in [2.24, 2.45) is 29.6 Å². The van der Waals surface area contributed by atoms with Crippen molar-refractivity contribution in [2.45, 2.75) is 162 Å². The summed E-state index contributed by atoms with van der Waals surface area (Å²) in [6.45, 7) is 15.5. The van der Waals surface area contributed by atoms with Crippen molar-refractivity contribution in [3.8, 4) is 0 Å². The van der Waals surface area contributed by atoms with E-state index in [4.69, 9.17) is 9.47 Å². The molecule has 7 amide bonds. The fourth-order valence-electron chi connectivity index (χ4n) is 9.69. The molecule has 2 unspecified atom stereocenters. The van der Waals surface area contributed by atoms with Gasteiger partial charge in [-0.1, -0.05) is 98.6 Å². The first-order valence-electron chi connectivity index (χ1n) is 24.2. The van der Waals surface area contributed by atoms with E-state index in [-0.39, 0.29) is 78.9 Å². The summed E-state index contributed by atoms with van der Waals surface area (Å²) >= 11 is 0. The normalized spacial score (nSPS) is 19.9. The number of carboxylic acids is 1. The van der Waals surface area contributed by atoms with Gasteiger partial charge in [0.2, 0.25) is 41.4 Å². The van der Waals surface area contributed by atoms with Crippen LogP contribution in [0.25, 0.3) is 0 Å². The molecule has 67 heavy (non-hydrogen) atoms. The third-order valence-corrected chi connectivity index (χ3v) is 13.8. The van der Waals surface area contributed by atoms with Crippen LogP contribution in [0.3, 0.4) is 0 Å². The molecule has 2 aliphatic rings. The fourth-order valence-corrected chi connectivity index (χ4v) is 9.69. The molecule has 1 aromatic rings. The van der Waals surface area contributed by atoms with Gasteiger partial charge in [0.15, 0.2) is 0 Å². The van der Waals surface area contributed by atoms with Gasteiger partial charge in [-0.25, -0.2) is 4.79 Å². The summed E-state index contributed by atoms with van der Waals surface area (Å²) in [7, 11) is 6.23. The molecule has 0 radical (unpaired) electrons. The summed E-state index contributed by atoms with van der Waals surface area (Å²) in [6, 6.07) is 4.99. The van der Waals surface area contributed by atoms with E-state index in [0.717, 1.165) is 5.56 Å². The van der Waals surface area contributed by atoms with E-state index < -0.39 is 66.1 Å². The van der Waals surface area contributed by atoms with Gasteiger partial charge in [-0.3, -0.25) is 38.5 Å². The van der Waals surface area contributed by atoms with Gasteiger partial charge < -0.3 is 39.9 Å². The fraction of sp³-hybridized carbons (Fsp3) is 0.720. The SMILES string of the molecule is CC[C@H](C)[C@@H]([C@@H](CC(=O)N1CCC[C@H]1[C@H](OC)[C@@H](C)C(=O)NC(Cc1ccccc1)C(=O)O)OC)N(C)C(=O)[C@@H](NC(=O)[C@H](C(C)C)N(C)C(=O)CCCCCN1C(=O)CC(C)C1=O)C(C)C. The smallest absolute Gasteiger partial charge is 0.326 e. The molecule has 17 heteroatoms. The molecule has 2 saturated heterocycles. The molecule has 3 N–H and O–H groups in total. The molecule has 0 aromatic heterocycles. The molecule has 2 aliphatic heterocycles. The third-order valence-electron chi connectivity index (χ3n) is 13.8. The van der Waals surface area contributed by atoms with E-state index in [0.29, 0.717) is 51.6 Å². The maximum atomic E-state index is 14.6. The summed E-state index contributed by atoms with van der Waals surface area (Å²) in [5.74, 6) is -5.14. The van der Waals surface area contributed by atoms with Gasteiger partial charge in [0, 0.05) is 66.6 Å². The average Bonchev–Trinajstić information content (AvgIpc) is 3.87. The Labute approximate surface area is 398 Å². The van der Waals surface area contributed by atoms with Crippen LogP contribution in [0.1, 0.15) is 119 Å². The number of ether oxygens (including phenoxy) is 2. The van der Waals surface area contributed by atoms with Crippen molar-refractivity contribution in [2.75, 3.05) is 41.4 Å². The number of unbranched alkanes of at least 4 members (excludes halogenated alkanes) is 2. The molecule has 0 spiro atoms. The van der Waals surface area contributed by atoms with Gasteiger partial charge >= 0.3 is 5.97 Å². The number of hydrogen-bond acceptors (Lipinski definition) is 10. The summed E-state index contributed by atoms with van der Waals surface area (Å²) in [4.78, 5) is 113. The Hall–Kier alpha value is -4.90. The first kappa shape index (κ1) is 56.4. The number of aliphatic carboxylic acids is 1. The maximum absolute atomic E-state index is 14.6. The predicted octanol–water partition coefficient (Wildman–Crippen LogP) is 4.30. The van der Waals surface area contributed by atoms with Crippen LogP contribution in [0, 0.1) is 29.6 Å². The standard InChI is InChI=1S/C50H80N6O11/c1-13-32(6)44(38(66-11)29-41(59)55-26-20-23-37(55)45(67-12)34(8)46(60)51-36(50(64)65)28-35-21-16-14-17-22-35)54(10)49(63)42(30(2)3)52-47(61)43(31(4)5)53(9)39(57)24-18-15-19-25-56-40(58)27-33(7)48(56)62/h14,16-17,21-22,30-34,36-38,42-45H,13,15,18-20,23-29H2,1-12H3,(H,51,60)(H,52,61)(H,64,65)/t32-,33?,34+,36?,37-,38+,42-,43-,44-,45+/m0/s1. The number of carbonyl (C=O) groups excluding carboxylic acids is 7. The molecule has 2 heterocycles. The number of benzene rings is 1. The van der Waals surface area contributed by atoms with E-state index in [1.807, 2.05) is 47.6 Å². The first-order chi connectivity index (χ1) is 31.6. The maximum Gasteiger partial charge on any atom is 0.326 e. The van der Waals surface area contributed by atoms with E-state index in [1.54, 1.807) is 62.0 Å². The minimum atomic E-state index is -1.16. The van der Waals surface area contributed by atoms with Gasteiger partial charge in [-0.05, 0) is 49.0 Å². The van der Waals surface area contributed by atoms with Crippen molar-refractivity contribution in [1.82, 2.24) is 30.2 Å². The number of hydrogen-bond donors (Lipinski definition) is 3. The number of carbonyl (C=O) groups is 8. The van der Waals surface area contributed by atoms with Crippen LogP contribution in [-0.4, -0.2) is 156 Å². The highest BCUT2D eigenvalue weighted by atomic mass is 16.5. The third kappa shape index (κ3) is 15.0. The number of carboxylic acid groups (broad SMARTS) is 1. The minimum absolute atomic E-state index is 0.0798. The average molecular weight is 941 g/mol. The van der Waals surface area contributed by atoms with Crippen LogP contribution >= 0.6 is 0 Å². The molecule has 1 aromatic carbocycles. The molecule has 376 valence electrons. The van der Waals surface area contributed by atoms with Gasteiger partial charge in [0.05, 0.1) is 36.6 Å². The van der Waals surface area contributed by atoms with Crippen LogP contribution in [-0.2, 0) is 54.3 Å². The number of likely N-dealkylation sites (N-methyl/N-ethyl adjacent to an activating group) is 2. The summed E-state index contributed by atoms with van der Waals surface area (Å²) in [6.07, 6.45) is 2.56. The Kier molecular flexibility index (Phi) is 22.4. The number of rotatable bonds is 27. The van der Waals surface area contributed by atoms with Crippen molar-refractivity contribution < 1.29 is 52.9 Å². The van der Waals surface area contributed by atoms with E-state index in [2.05, 4.69) is 10.6 Å². The number of nitrogens with zero attached hydrogens (tertiary/aromatic N) is 4. The molecule has 0 aliphatic carbocycles. The van der Waals surface area contributed by atoms with Crippen LogP contribution in [0.5, 0.6) is 0 Å². The van der Waals surface area contributed by atoms with E-state index in [1.165, 1.54) is 24.0 Å². The lowest BCUT2D eigenvalue weighted by Gasteiger charge is -2.41. The number of nitrogens with one attached hydrogen (secondary N) is 2. The largest absolute Gasteiger partial charge is 0.480 e. The topological polar surface area (TPSA) is 212 Å². The lowest BCUT2D eigenvalue weighted by molar-refractivity contribution is -0.149. The molecule has 0 saturated carbocycles. The van der Waals surface area contributed by atoms with Crippen LogP contribution in [0.2, 0.25) is 0 Å². The number of methoxy groups -OCH3 is 2. The summed E-state index contributed by atoms with van der Waals surface area (Å²) in [5.41, 5.74) is 0.763. The summed E-state index contributed by atoms with van der Waals surface area (Å²) < 4.78 is 11.9. The first-order valence-corrected chi connectivity index (χ1v) is 24.2. The monoisotopic (exact) mass is 941 g/mol. The van der Waals surface area contributed by atoms with Crippen molar-refractivity contribution >= 4 is 47.3 Å². The zero-order chi connectivity index (χ0) is 50.3. The number of amides is 7. The molecular formula is C50H80N6O11. The second kappa shape index (κ2) is 26.6. The van der Waals surface area contributed by atoms with Crippen molar-refractivity contribution in [3.63, 3.8) is 0 Å². The summed E-state index contributed by atoms with van der Waals surface area (Å²) in [5, 5.41) is 15.6. The molecule has 10 atom stereocenters. The molecule has 17 nitrogen and oxygen atoms in total. The zero-order valence-electron chi connectivity index (χ0n) is 42.1. The Morgan fingerprint density at radius 3 is 2.06 bits per heavy atom. The van der Waals surface area contributed by atoms with Crippen molar-refractivity contribution in [1.29, 1.82) is 0 Å². The lowest BCUT2D eigenvalue weighted by atomic mass is 9.89. The molecule has 0 bridgehead atoms. The quantitative estimate of drug-likeness (QED) is 0.0836. The Balaban J connectivity index is 1.71. The van der Waals surface area contributed by atoms with Crippen LogP contribution < -0.4 is 10.6 Å². The molecule has 3 rings (SSSR count). The Bertz CT molecular complexity index is 1840. The highest BCUT2D eigenvalue weighted by molar-refractivity contribution is 6.03. The zero-order valence-corrected chi connectivity index (χ0v) is 42.1. The predicted molar refractivity (Wildman–Crippen MR) is 253 cm³/mol. The highest BCUT2D eigenvalue weighted by Gasteiger charge is 2.44. The Morgan fingerprint density at radius 1 is 0.866 bits per heavy atom. The second-order valence-electron chi connectivity index (χ2n) is 19.4. The van der Waals surface area contributed by atoms with Gasteiger partial charge in [0.1, 0.15) is 18.1 Å². The van der Waals surface area contributed by atoms with Crippen LogP contribution in [0.4, 0.5) is 0 Å². The number of likely N-dealkylation sites (tertiary alicyclic amines) is 2.